The summed E-state index contributed by atoms with van der Waals surface area (Å²) in [5.74, 6) is -0.643. The molecule has 98 valence electrons. The third-order valence-electron chi connectivity index (χ3n) is 2.05. The molecule has 7 heteroatoms. The van der Waals surface area contributed by atoms with Gasteiger partial charge in [0, 0.05) is 31.3 Å². The van der Waals surface area contributed by atoms with Crippen LogP contribution in [-0.2, 0) is 9.59 Å². The highest BCUT2D eigenvalue weighted by atomic mass is 35.5. The molecule has 0 spiro atoms. The Morgan fingerprint density at radius 1 is 1.44 bits per heavy atom. The van der Waals surface area contributed by atoms with E-state index in [1.165, 1.54) is 13.1 Å². The molecule has 1 rings (SSSR count). The number of hydrogen-bond donors (Lipinski definition) is 2. The number of carbonyl (C=O) groups excluding carboxylic acids is 3. The lowest BCUT2D eigenvalue weighted by atomic mass is 10.1. The van der Waals surface area contributed by atoms with Gasteiger partial charge in [-0.25, -0.2) is 0 Å². The second-order valence-electron chi connectivity index (χ2n) is 3.46. The Labute approximate surface area is 116 Å². The molecule has 1 heterocycles. The fourth-order valence-electron chi connectivity index (χ4n) is 1.28. The standard InChI is InChI=1S/C11H12N2O3S.ClH/c1-7(14)13-9(11(16)17)5-10(15)8-3-2-4-12-6-8;/h2-4,6,9H,5H2,1H3,(H,13,14)(H,16,17);1H/t9-;/m1./s1. The topological polar surface area (TPSA) is 76.1 Å². The number of nitrogens with zero attached hydrogens (tertiary/aromatic N) is 1. The molecule has 0 bridgehead atoms. The summed E-state index contributed by atoms with van der Waals surface area (Å²) in [5.41, 5.74) is 0.400. The van der Waals surface area contributed by atoms with Crippen molar-refractivity contribution in [3.05, 3.63) is 30.1 Å². The van der Waals surface area contributed by atoms with Crippen molar-refractivity contribution in [1.82, 2.24) is 10.3 Å². The van der Waals surface area contributed by atoms with Gasteiger partial charge < -0.3 is 5.32 Å². The molecule has 5 nitrogen and oxygen atoms in total. The zero-order valence-electron chi connectivity index (χ0n) is 9.62. The molecular weight excluding hydrogens is 276 g/mol. The van der Waals surface area contributed by atoms with Crippen LogP contribution < -0.4 is 5.32 Å². The van der Waals surface area contributed by atoms with E-state index in [9.17, 15) is 14.4 Å². The second kappa shape index (κ2) is 7.84. The van der Waals surface area contributed by atoms with Crippen LogP contribution in [-0.4, -0.2) is 27.8 Å². The minimum Gasteiger partial charge on any atom is -0.345 e. The van der Waals surface area contributed by atoms with Gasteiger partial charge >= 0.3 is 0 Å². The van der Waals surface area contributed by atoms with Crippen LogP contribution in [0.4, 0.5) is 0 Å². The van der Waals surface area contributed by atoms with Gasteiger partial charge in [0.1, 0.15) is 6.04 Å². The Kier molecular flexibility index (Phi) is 7.23. The first-order valence-electron chi connectivity index (χ1n) is 4.94. The van der Waals surface area contributed by atoms with Crippen molar-refractivity contribution in [2.24, 2.45) is 0 Å². The lowest BCUT2D eigenvalue weighted by molar-refractivity contribution is -0.122. The Hall–Kier alpha value is -1.40. The molecule has 0 radical (unpaired) electrons. The maximum absolute atomic E-state index is 11.8. The van der Waals surface area contributed by atoms with Crippen LogP contribution in [0, 0.1) is 0 Å². The van der Waals surface area contributed by atoms with Gasteiger partial charge in [-0.05, 0) is 12.1 Å². The van der Waals surface area contributed by atoms with Gasteiger partial charge in [0.05, 0.1) is 0 Å². The van der Waals surface area contributed by atoms with Crippen molar-refractivity contribution in [2.45, 2.75) is 19.4 Å². The number of halogens is 1. The first-order valence-corrected chi connectivity index (χ1v) is 5.38. The summed E-state index contributed by atoms with van der Waals surface area (Å²) in [5, 5.41) is 1.83. The quantitative estimate of drug-likeness (QED) is 0.627. The molecule has 0 fully saturated rings. The lowest BCUT2D eigenvalue weighted by Crippen LogP contribution is -2.39. The average Bonchev–Trinajstić information content (AvgIpc) is 2.28. The molecule has 0 unspecified atom stereocenters. The summed E-state index contributed by atoms with van der Waals surface area (Å²) >= 11 is 3.63. The van der Waals surface area contributed by atoms with Crippen LogP contribution in [0.3, 0.4) is 0 Å². The fourth-order valence-corrected chi connectivity index (χ4v) is 1.43. The molecule has 18 heavy (non-hydrogen) atoms. The zero-order valence-corrected chi connectivity index (χ0v) is 11.3. The van der Waals surface area contributed by atoms with E-state index in [2.05, 4.69) is 22.9 Å². The highest BCUT2D eigenvalue weighted by Crippen LogP contribution is 2.06. The van der Waals surface area contributed by atoms with Gasteiger partial charge in [-0.1, -0.05) is 0 Å². The summed E-state index contributed by atoms with van der Waals surface area (Å²) in [7, 11) is 0. The first-order chi connectivity index (χ1) is 8.00. The summed E-state index contributed by atoms with van der Waals surface area (Å²) in [6, 6.07) is 2.33. The predicted molar refractivity (Wildman–Crippen MR) is 72.0 cm³/mol. The van der Waals surface area contributed by atoms with Crippen LogP contribution >= 0.6 is 25.0 Å². The normalized spacial score (nSPS) is 11.0. The Morgan fingerprint density at radius 3 is 2.56 bits per heavy atom. The molecule has 0 saturated heterocycles. The SMILES string of the molecule is CC(=O)N[C@H](CC(=O)c1cccnc1)C(=O)S.Cl. The van der Waals surface area contributed by atoms with Crippen molar-refractivity contribution in [2.75, 3.05) is 0 Å². The first kappa shape index (κ1) is 16.6. The van der Waals surface area contributed by atoms with Crippen LogP contribution in [0.1, 0.15) is 23.7 Å². The summed E-state index contributed by atoms with van der Waals surface area (Å²) in [6.07, 6.45) is 2.84. The molecule has 1 amide bonds. The van der Waals surface area contributed by atoms with Crippen LogP contribution in [0.2, 0.25) is 0 Å². The van der Waals surface area contributed by atoms with Gasteiger partial charge in [-0.3, -0.25) is 19.4 Å². The smallest absolute Gasteiger partial charge is 0.217 e. The minimum absolute atomic E-state index is 0. The maximum Gasteiger partial charge on any atom is 0.217 e. The molecule has 0 aliphatic rings. The Bertz CT molecular complexity index is 439. The zero-order chi connectivity index (χ0) is 12.8. The van der Waals surface area contributed by atoms with Crippen molar-refractivity contribution >= 4 is 41.8 Å². The van der Waals surface area contributed by atoms with E-state index in [4.69, 9.17) is 0 Å². The number of amides is 1. The molecule has 0 aliphatic carbocycles. The van der Waals surface area contributed by atoms with Crippen LogP contribution in [0.5, 0.6) is 0 Å². The number of thiol groups is 1. The number of Topliss-reactive ketones (excluding diaryl/α,β-unsaturated/α-hetero) is 1. The summed E-state index contributed by atoms with van der Waals surface area (Å²) in [4.78, 5) is 37.6. The van der Waals surface area contributed by atoms with Crippen molar-refractivity contribution < 1.29 is 14.4 Å². The van der Waals surface area contributed by atoms with Crippen LogP contribution in [0.15, 0.2) is 24.5 Å². The molecule has 1 aromatic heterocycles. The van der Waals surface area contributed by atoms with E-state index >= 15 is 0 Å². The summed E-state index contributed by atoms with van der Waals surface area (Å²) in [6.45, 7) is 1.28. The monoisotopic (exact) mass is 288 g/mol. The molecule has 0 saturated carbocycles. The number of ketones is 1. The second-order valence-corrected chi connectivity index (χ2v) is 3.90. The van der Waals surface area contributed by atoms with Gasteiger partial charge in [0.25, 0.3) is 0 Å². The number of carbonyl (C=O) groups is 3. The van der Waals surface area contributed by atoms with Crippen LogP contribution in [0.25, 0.3) is 0 Å². The van der Waals surface area contributed by atoms with Gasteiger partial charge in [0.2, 0.25) is 11.0 Å². The highest BCUT2D eigenvalue weighted by molar-refractivity contribution is 7.96. The lowest BCUT2D eigenvalue weighted by Gasteiger charge is -2.12. The van der Waals surface area contributed by atoms with E-state index in [-0.39, 0.29) is 30.5 Å². The third-order valence-corrected chi connectivity index (χ3v) is 2.36. The number of nitrogens with one attached hydrogen (secondary N) is 1. The molecular formula is C11H13ClN2O3S. The van der Waals surface area contributed by atoms with Gasteiger partial charge in [0.15, 0.2) is 5.78 Å². The highest BCUT2D eigenvalue weighted by Gasteiger charge is 2.20. The molecule has 1 atom stereocenters. The Balaban J connectivity index is 0.00000289. The largest absolute Gasteiger partial charge is 0.345 e. The van der Waals surface area contributed by atoms with Crippen molar-refractivity contribution in [3.63, 3.8) is 0 Å². The number of rotatable bonds is 5. The third kappa shape index (κ3) is 5.29. The molecule has 1 aromatic rings. The minimum atomic E-state index is -0.900. The Morgan fingerprint density at radius 2 is 2.11 bits per heavy atom. The van der Waals surface area contributed by atoms with E-state index in [1.54, 1.807) is 18.3 Å². The number of hydrogen-bond acceptors (Lipinski definition) is 4. The maximum atomic E-state index is 11.8. The van der Waals surface area contributed by atoms with Crippen molar-refractivity contribution in [1.29, 1.82) is 0 Å². The molecule has 1 N–H and O–H groups in total. The fraction of sp³-hybridized carbons (Fsp3) is 0.273. The van der Waals surface area contributed by atoms with Gasteiger partial charge in [-0.2, -0.15) is 0 Å². The molecule has 0 aliphatic heterocycles. The summed E-state index contributed by atoms with van der Waals surface area (Å²) < 4.78 is 0. The molecule has 0 aromatic carbocycles. The number of pyridine rings is 1. The van der Waals surface area contributed by atoms with Crippen molar-refractivity contribution in [3.8, 4) is 0 Å². The van der Waals surface area contributed by atoms with E-state index in [1.807, 2.05) is 0 Å². The van der Waals surface area contributed by atoms with E-state index in [0.29, 0.717) is 5.56 Å². The van der Waals surface area contributed by atoms with E-state index < -0.39 is 11.2 Å². The number of aromatic nitrogens is 1. The van der Waals surface area contributed by atoms with E-state index in [0.717, 1.165) is 0 Å². The predicted octanol–water partition coefficient (Wildman–Crippen LogP) is 1.04. The average molecular weight is 289 g/mol. The van der Waals surface area contributed by atoms with Gasteiger partial charge in [-0.15, -0.1) is 25.0 Å².